The number of nitrogens with zero attached hydrogens (tertiary/aromatic N) is 1. The monoisotopic (exact) mass is 393 g/mol. The minimum Gasteiger partial charge on any atom is -0.282 e. The predicted octanol–water partition coefficient (Wildman–Crippen LogP) is 2.50. The van der Waals surface area contributed by atoms with E-state index in [1.807, 2.05) is 0 Å². The Morgan fingerprint density at radius 2 is 1.46 bits per heavy atom. The van der Waals surface area contributed by atoms with Crippen molar-refractivity contribution in [1.82, 2.24) is 4.31 Å². The second-order valence-electron chi connectivity index (χ2n) is 7.20. The molecule has 1 spiro atoms. The topological polar surface area (TPSA) is 91.8 Å². The number of sulfonamides is 1. The molecule has 1 heterocycles. The summed E-state index contributed by atoms with van der Waals surface area (Å²) in [5.74, 6) is 0.0229. The van der Waals surface area contributed by atoms with Gasteiger partial charge in [-0.3, -0.25) is 4.55 Å². The van der Waals surface area contributed by atoms with E-state index in [1.54, 1.807) is 48.5 Å². The van der Waals surface area contributed by atoms with E-state index in [0.29, 0.717) is 23.5 Å². The number of hydrogen-bond acceptors (Lipinski definition) is 4. The third kappa shape index (κ3) is 2.87. The lowest BCUT2D eigenvalue weighted by molar-refractivity contribution is -0.0262. The Morgan fingerprint density at radius 1 is 0.885 bits per heavy atom. The van der Waals surface area contributed by atoms with E-state index in [9.17, 15) is 21.4 Å². The molecule has 8 heteroatoms. The average molecular weight is 393 g/mol. The molecule has 2 aromatic rings. The number of benzene rings is 2. The molecule has 1 saturated heterocycles. The lowest BCUT2D eigenvalue weighted by Gasteiger charge is -2.58. The fourth-order valence-electron chi connectivity index (χ4n) is 4.13. The largest absolute Gasteiger partial charge is 0.294 e. The van der Waals surface area contributed by atoms with Gasteiger partial charge in [-0.25, -0.2) is 8.42 Å². The Morgan fingerprint density at radius 3 is 2.08 bits per heavy atom. The Labute approximate surface area is 153 Å². The molecular formula is C18H19NO5S2. The fraction of sp³-hybridized carbons (Fsp3) is 0.333. The highest BCUT2D eigenvalue weighted by atomic mass is 32.2. The van der Waals surface area contributed by atoms with Crippen LogP contribution in [0.4, 0.5) is 0 Å². The summed E-state index contributed by atoms with van der Waals surface area (Å²) in [6.45, 7) is 0.906. The van der Waals surface area contributed by atoms with Crippen LogP contribution in [-0.2, 0) is 20.1 Å². The van der Waals surface area contributed by atoms with Gasteiger partial charge in [-0.1, -0.05) is 36.4 Å². The van der Waals surface area contributed by atoms with Crippen molar-refractivity contribution >= 4 is 20.1 Å². The molecule has 0 atom stereocenters. The van der Waals surface area contributed by atoms with Crippen LogP contribution in [-0.4, -0.2) is 38.8 Å². The summed E-state index contributed by atoms with van der Waals surface area (Å²) in [6, 6.07) is 14.8. The van der Waals surface area contributed by atoms with Gasteiger partial charge in [-0.2, -0.15) is 12.7 Å². The first-order valence-corrected chi connectivity index (χ1v) is 11.2. The summed E-state index contributed by atoms with van der Waals surface area (Å²) >= 11 is 0. The van der Waals surface area contributed by atoms with Crippen molar-refractivity contribution in [3.8, 4) is 0 Å². The van der Waals surface area contributed by atoms with Crippen LogP contribution in [0.25, 0.3) is 0 Å². The van der Waals surface area contributed by atoms with Gasteiger partial charge in [0, 0.05) is 13.1 Å². The Bertz CT molecular complexity index is 1030. The van der Waals surface area contributed by atoms with Gasteiger partial charge in [0.05, 0.1) is 9.79 Å². The molecule has 1 aliphatic heterocycles. The van der Waals surface area contributed by atoms with Crippen LogP contribution in [0.15, 0.2) is 64.4 Å². The molecule has 2 aromatic carbocycles. The van der Waals surface area contributed by atoms with Crippen molar-refractivity contribution in [2.45, 2.75) is 28.6 Å². The first kappa shape index (κ1) is 17.7. The zero-order valence-corrected chi connectivity index (χ0v) is 15.6. The molecular weight excluding hydrogens is 374 g/mol. The minimum atomic E-state index is -4.26. The third-order valence-corrected chi connectivity index (χ3v) is 8.13. The van der Waals surface area contributed by atoms with Crippen molar-refractivity contribution in [2.24, 2.45) is 5.41 Å². The summed E-state index contributed by atoms with van der Waals surface area (Å²) in [5, 5.41) is 0. The lowest BCUT2D eigenvalue weighted by Crippen LogP contribution is -2.63. The van der Waals surface area contributed by atoms with Crippen LogP contribution >= 0.6 is 0 Å². The molecule has 0 amide bonds. The molecule has 2 aliphatic rings. The molecule has 1 saturated carbocycles. The SMILES string of the molecule is O=S(=O)(O)c1ccccc1C1CC2(C1)CN(S(=O)(=O)c1ccccc1)C2. The number of rotatable bonds is 4. The smallest absolute Gasteiger partial charge is 0.282 e. The maximum absolute atomic E-state index is 12.6. The minimum absolute atomic E-state index is 0.0229. The van der Waals surface area contributed by atoms with Gasteiger partial charge in [0.25, 0.3) is 10.1 Å². The zero-order valence-electron chi connectivity index (χ0n) is 13.9. The van der Waals surface area contributed by atoms with Crippen molar-refractivity contribution in [3.05, 3.63) is 60.2 Å². The molecule has 6 nitrogen and oxygen atoms in total. The van der Waals surface area contributed by atoms with Gasteiger partial charge in [-0.15, -0.1) is 0 Å². The van der Waals surface area contributed by atoms with Gasteiger partial charge in [0.1, 0.15) is 0 Å². The Hall–Kier alpha value is -1.74. The maximum Gasteiger partial charge on any atom is 0.294 e. The van der Waals surface area contributed by atoms with Gasteiger partial charge >= 0.3 is 0 Å². The highest BCUT2D eigenvalue weighted by Crippen LogP contribution is 2.57. The van der Waals surface area contributed by atoms with Crippen molar-refractivity contribution in [3.63, 3.8) is 0 Å². The van der Waals surface area contributed by atoms with Crippen molar-refractivity contribution < 1.29 is 21.4 Å². The summed E-state index contributed by atoms with van der Waals surface area (Å²) in [7, 11) is -7.72. The molecule has 1 N–H and O–H groups in total. The summed E-state index contributed by atoms with van der Waals surface area (Å²) < 4.78 is 59.2. The summed E-state index contributed by atoms with van der Waals surface area (Å²) in [6.07, 6.45) is 1.45. The van der Waals surface area contributed by atoms with Gasteiger partial charge in [0.2, 0.25) is 10.0 Å². The van der Waals surface area contributed by atoms with Crippen LogP contribution in [0, 0.1) is 5.41 Å². The molecule has 138 valence electrons. The Kier molecular flexibility index (Phi) is 4.00. The quantitative estimate of drug-likeness (QED) is 0.806. The second kappa shape index (κ2) is 5.88. The fourth-order valence-corrected chi connectivity index (χ4v) is 6.60. The van der Waals surface area contributed by atoms with E-state index >= 15 is 0 Å². The number of hydrogen-bond donors (Lipinski definition) is 1. The average Bonchev–Trinajstić information content (AvgIpc) is 2.52. The first-order valence-electron chi connectivity index (χ1n) is 8.33. The van der Waals surface area contributed by atoms with E-state index in [1.165, 1.54) is 10.4 Å². The van der Waals surface area contributed by atoms with Gasteiger partial charge in [0.15, 0.2) is 0 Å². The molecule has 1 aliphatic carbocycles. The molecule has 4 rings (SSSR count). The van der Waals surface area contributed by atoms with Gasteiger partial charge < -0.3 is 0 Å². The molecule has 0 unspecified atom stereocenters. The van der Waals surface area contributed by atoms with E-state index in [-0.39, 0.29) is 16.2 Å². The first-order chi connectivity index (χ1) is 12.2. The predicted molar refractivity (Wildman–Crippen MR) is 95.9 cm³/mol. The molecule has 0 aromatic heterocycles. The van der Waals surface area contributed by atoms with E-state index < -0.39 is 20.1 Å². The van der Waals surface area contributed by atoms with Crippen LogP contribution in [0.2, 0.25) is 0 Å². The van der Waals surface area contributed by atoms with Crippen LogP contribution in [0.3, 0.4) is 0 Å². The van der Waals surface area contributed by atoms with Crippen LogP contribution in [0.5, 0.6) is 0 Å². The van der Waals surface area contributed by atoms with Crippen molar-refractivity contribution in [2.75, 3.05) is 13.1 Å². The molecule has 0 radical (unpaired) electrons. The zero-order chi connectivity index (χ0) is 18.6. The standard InChI is InChI=1S/C18H19NO5S2/c20-25(21,15-6-2-1-3-7-15)19-12-18(13-19)10-14(11-18)16-8-4-5-9-17(16)26(22,23)24/h1-9,14H,10-13H2,(H,22,23,24). The highest BCUT2D eigenvalue weighted by molar-refractivity contribution is 7.89. The normalized spacial score (nSPS) is 20.5. The van der Waals surface area contributed by atoms with Crippen LogP contribution in [0.1, 0.15) is 24.3 Å². The van der Waals surface area contributed by atoms with Gasteiger partial charge in [-0.05, 0) is 47.9 Å². The van der Waals surface area contributed by atoms with Crippen molar-refractivity contribution in [1.29, 1.82) is 0 Å². The second-order valence-corrected chi connectivity index (χ2v) is 10.5. The van der Waals surface area contributed by atoms with E-state index in [4.69, 9.17) is 0 Å². The molecule has 26 heavy (non-hydrogen) atoms. The summed E-state index contributed by atoms with van der Waals surface area (Å²) in [4.78, 5) is 0.246. The van der Waals surface area contributed by atoms with E-state index in [0.717, 1.165) is 12.8 Å². The maximum atomic E-state index is 12.6. The van der Waals surface area contributed by atoms with E-state index in [2.05, 4.69) is 0 Å². The highest BCUT2D eigenvalue weighted by Gasteiger charge is 2.56. The summed E-state index contributed by atoms with van der Waals surface area (Å²) in [5.41, 5.74) is 0.531. The molecule has 0 bridgehead atoms. The molecule has 2 fully saturated rings. The third-order valence-electron chi connectivity index (χ3n) is 5.40. The van der Waals surface area contributed by atoms with Crippen LogP contribution < -0.4 is 0 Å². The lowest BCUT2D eigenvalue weighted by atomic mass is 9.57. The Balaban J connectivity index is 1.46.